The molecule has 4 nitrogen and oxygen atoms in total. The molecule has 17 heavy (non-hydrogen) atoms. The maximum Gasteiger partial charge on any atom is 0.400 e. The Hall–Kier alpha value is -0.980. The lowest BCUT2D eigenvalue weighted by Gasteiger charge is -2.26. The number of nitrogens with one attached hydrogen (secondary N) is 1. The van der Waals surface area contributed by atoms with Crippen molar-refractivity contribution >= 4 is 5.84 Å². The Kier molecular flexibility index (Phi) is 5.04. The molecule has 0 bridgehead atoms. The highest BCUT2D eigenvalue weighted by atomic mass is 19.4. The molecule has 0 aromatic carbocycles. The van der Waals surface area contributed by atoms with E-state index in [2.05, 4.69) is 10.5 Å². The summed E-state index contributed by atoms with van der Waals surface area (Å²) in [5.41, 5.74) is 5.06. The van der Waals surface area contributed by atoms with E-state index < -0.39 is 17.9 Å². The van der Waals surface area contributed by atoms with Gasteiger partial charge in [-0.2, -0.15) is 13.2 Å². The molecule has 0 radical (unpaired) electrons. The monoisotopic (exact) mass is 253 g/mol. The fourth-order valence-corrected chi connectivity index (χ4v) is 2.05. The number of rotatable bonds is 4. The van der Waals surface area contributed by atoms with Crippen molar-refractivity contribution in [2.75, 3.05) is 6.54 Å². The van der Waals surface area contributed by atoms with E-state index in [9.17, 15) is 13.2 Å². The maximum absolute atomic E-state index is 12.6. The summed E-state index contributed by atoms with van der Waals surface area (Å²) in [5.74, 6) is -2.71. The van der Waals surface area contributed by atoms with Gasteiger partial charge in [0.1, 0.15) is 5.92 Å². The van der Waals surface area contributed by atoms with Gasteiger partial charge in [-0.3, -0.25) is 0 Å². The average Bonchev–Trinajstić information content (AvgIpc) is 2.28. The van der Waals surface area contributed by atoms with Crippen LogP contribution in [0.1, 0.15) is 32.1 Å². The fraction of sp³-hybridized carbons (Fsp3) is 0.900. The Morgan fingerprint density at radius 3 is 2.41 bits per heavy atom. The summed E-state index contributed by atoms with van der Waals surface area (Å²) in [6, 6.07) is 0.111. The minimum atomic E-state index is -4.49. The minimum Gasteiger partial charge on any atom is -0.409 e. The lowest BCUT2D eigenvalue weighted by Crippen LogP contribution is -2.45. The van der Waals surface area contributed by atoms with Gasteiger partial charge in [0, 0.05) is 12.6 Å². The lowest BCUT2D eigenvalue weighted by molar-refractivity contribution is -0.155. The van der Waals surface area contributed by atoms with E-state index in [0.29, 0.717) is 0 Å². The van der Waals surface area contributed by atoms with Gasteiger partial charge in [-0.1, -0.05) is 24.4 Å². The number of hydrogen-bond acceptors (Lipinski definition) is 3. The first kappa shape index (κ1) is 14.1. The van der Waals surface area contributed by atoms with Gasteiger partial charge >= 0.3 is 6.18 Å². The zero-order valence-electron chi connectivity index (χ0n) is 9.50. The highest BCUT2D eigenvalue weighted by Crippen LogP contribution is 2.26. The standard InChI is InChI=1S/C10H18F3N3O/c11-10(12,13)8(9(14)16-17)6-15-7-4-2-1-3-5-7/h7-8,15,17H,1-6H2,(H2,14,16). The molecule has 0 heterocycles. The molecule has 0 amide bonds. The van der Waals surface area contributed by atoms with E-state index in [-0.39, 0.29) is 12.6 Å². The number of halogens is 3. The number of amidine groups is 1. The summed E-state index contributed by atoms with van der Waals surface area (Å²) in [7, 11) is 0. The van der Waals surface area contributed by atoms with Crippen LogP contribution in [-0.4, -0.2) is 29.8 Å². The normalized spacial score (nSPS) is 21.5. The highest BCUT2D eigenvalue weighted by Gasteiger charge is 2.42. The van der Waals surface area contributed by atoms with Crippen molar-refractivity contribution < 1.29 is 18.4 Å². The molecule has 1 aliphatic rings. The molecule has 1 fully saturated rings. The Morgan fingerprint density at radius 2 is 1.94 bits per heavy atom. The van der Waals surface area contributed by atoms with Crippen LogP contribution in [0.25, 0.3) is 0 Å². The van der Waals surface area contributed by atoms with Gasteiger partial charge in [0.2, 0.25) is 0 Å². The Bertz CT molecular complexity index is 262. The zero-order chi connectivity index (χ0) is 12.9. The van der Waals surface area contributed by atoms with Gasteiger partial charge in [0.05, 0.1) is 0 Å². The number of alkyl halides is 3. The molecule has 0 aromatic heterocycles. The van der Waals surface area contributed by atoms with Crippen LogP contribution in [0.4, 0.5) is 13.2 Å². The molecule has 1 atom stereocenters. The summed E-state index contributed by atoms with van der Waals surface area (Å²) >= 11 is 0. The zero-order valence-corrected chi connectivity index (χ0v) is 9.50. The smallest absolute Gasteiger partial charge is 0.400 e. The molecule has 1 saturated carbocycles. The SMILES string of the molecule is NC(=NO)C(CNC1CCCCC1)C(F)(F)F. The molecule has 1 aliphatic carbocycles. The highest BCUT2D eigenvalue weighted by molar-refractivity contribution is 5.83. The quantitative estimate of drug-likeness (QED) is 0.310. The van der Waals surface area contributed by atoms with E-state index >= 15 is 0 Å². The molecule has 1 rings (SSSR count). The van der Waals surface area contributed by atoms with E-state index in [1.807, 2.05) is 0 Å². The third-order valence-electron chi connectivity index (χ3n) is 3.08. The molecule has 100 valence electrons. The third kappa shape index (κ3) is 4.41. The molecule has 0 spiro atoms. The second-order valence-corrected chi connectivity index (χ2v) is 4.36. The van der Waals surface area contributed by atoms with Crippen molar-refractivity contribution in [2.24, 2.45) is 16.8 Å². The first-order valence-corrected chi connectivity index (χ1v) is 5.72. The molecule has 1 unspecified atom stereocenters. The van der Waals surface area contributed by atoms with Crippen molar-refractivity contribution in [3.63, 3.8) is 0 Å². The fourth-order valence-electron chi connectivity index (χ4n) is 2.05. The molecular formula is C10H18F3N3O. The third-order valence-corrected chi connectivity index (χ3v) is 3.08. The number of nitrogens with two attached hydrogens (primary N) is 1. The topological polar surface area (TPSA) is 70.6 Å². The van der Waals surface area contributed by atoms with Gasteiger partial charge in [0.15, 0.2) is 5.84 Å². The van der Waals surface area contributed by atoms with Crippen molar-refractivity contribution in [2.45, 2.75) is 44.3 Å². The van der Waals surface area contributed by atoms with Crippen molar-refractivity contribution in [1.29, 1.82) is 0 Å². The van der Waals surface area contributed by atoms with Crippen LogP contribution in [0.15, 0.2) is 5.16 Å². The maximum atomic E-state index is 12.6. The number of hydrogen-bond donors (Lipinski definition) is 3. The van der Waals surface area contributed by atoms with E-state index in [0.717, 1.165) is 32.1 Å². The van der Waals surface area contributed by atoms with Gasteiger partial charge < -0.3 is 16.3 Å². The predicted octanol–water partition coefficient (Wildman–Crippen LogP) is 1.83. The summed E-state index contributed by atoms with van der Waals surface area (Å²) in [5, 5.41) is 13.6. The van der Waals surface area contributed by atoms with Crippen molar-refractivity contribution in [1.82, 2.24) is 5.32 Å². The molecule has 0 aromatic rings. The Balaban J connectivity index is 2.49. The van der Waals surface area contributed by atoms with E-state index in [4.69, 9.17) is 10.9 Å². The Labute approximate surface area is 98.0 Å². The summed E-state index contributed by atoms with van der Waals surface area (Å²) in [6.45, 7) is -0.329. The Morgan fingerprint density at radius 1 is 1.35 bits per heavy atom. The summed E-state index contributed by atoms with van der Waals surface area (Å²) in [6.07, 6.45) is 0.510. The predicted molar refractivity (Wildman–Crippen MR) is 57.8 cm³/mol. The molecule has 0 aliphatic heterocycles. The van der Waals surface area contributed by atoms with Crippen LogP contribution >= 0.6 is 0 Å². The van der Waals surface area contributed by atoms with Crippen LogP contribution in [0.3, 0.4) is 0 Å². The molecular weight excluding hydrogens is 235 g/mol. The van der Waals surface area contributed by atoms with Crippen LogP contribution < -0.4 is 11.1 Å². The van der Waals surface area contributed by atoms with Crippen LogP contribution in [0, 0.1) is 5.92 Å². The van der Waals surface area contributed by atoms with Crippen LogP contribution in [0.2, 0.25) is 0 Å². The van der Waals surface area contributed by atoms with Gasteiger partial charge in [-0.05, 0) is 12.8 Å². The van der Waals surface area contributed by atoms with Gasteiger partial charge in [-0.25, -0.2) is 0 Å². The minimum absolute atomic E-state index is 0.111. The number of oxime groups is 1. The van der Waals surface area contributed by atoms with Crippen LogP contribution in [0.5, 0.6) is 0 Å². The van der Waals surface area contributed by atoms with Gasteiger partial charge in [-0.15, -0.1) is 0 Å². The van der Waals surface area contributed by atoms with Crippen molar-refractivity contribution in [3.05, 3.63) is 0 Å². The molecule has 7 heteroatoms. The lowest BCUT2D eigenvalue weighted by atomic mass is 9.95. The second-order valence-electron chi connectivity index (χ2n) is 4.36. The molecule has 0 saturated heterocycles. The van der Waals surface area contributed by atoms with E-state index in [1.54, 1.807) is 0 Å². The molecule has 4 N–H and O–H groups in total. The van der Waals surface area contributed by atoms with Crippen LogP contribution in [-0.2, 0) is 0 Å². The number of nitrogens with zero attached hydrogens (tertiary/aromatic N) is 1. The average molecular weight is 253 g/mol. The first-order chi connectivity index (χ1) is 7.95. The first-order valence-electron chi connectivity index (χ1n) is 5.72. The van der Waals surface area contributed by atoms with Gasteiger partial charge in [0.25, 0.3) is 0 Å². The second kappa shape index (κ2) is 6.09. The van der Waals surface area contributed by atoms with E-state index in [1.165, 1.54) is 0 Å². The summed E-state index contributed by atoms with van der Waals surface area (Å²) < 4.78 is 37.8. The largest absolute Gasteiger partial charge is 0.409 e. The summed E-state index contributed by atoms with van der Waals surface area (Å²) in [4.78, 5) is 0. The van der Waals surface area contributed by atoms with Crippen molar-refractivity contribution in [3.8, 4) is 0 Å².